The molecule has 6 rings (SSSR count). The lowest BCUT2D eigenvalue weighted by atomic mass is 9.83. The number of alkyl carbamates (subject to hydrolysis) is 1. The first-order valence-electron chi connectivity index (χ1n) is 24.5. The van der Waals surface area contributed by atoms with Crippen LogP contribution >= 0.6 is 11.6 Å². The second-order valence-electron chi connectivity index (χ2n) is 19.4. The molecule has 1 aromatic carbocycles. The molecule has 5 amide bonds. The number of anilines is 1. The van der Waals surface area contributed by atoms with E-state index in [0.717, 1.165) is 39.8 Å². The van der Waals surface area contributed by atoms with Crippen molar-refractivity contribution in [2.45, 2.75) is 120 Å². The van der Waals surface area contributed by atoms with Crippen LogP contribution in [-0.2, 0) is 62.4 Å². The van der Waals surface area contributed by atoms with E-state index in [0.29, 0.717) is 30.9 Å². The topological polar surface area (TPSA) is 288 Å². The van der Waals surface area contributed by atoms with Crippen LogP contribution in [0.15, 0.2) is 60.3 Å². The summed E-state index contributed by atoms with van der Waals surface area (Å²) in [6.07, 6.45) is -3.04. The van der Waals surface area contributed by atoms with Gasteiger partial charge in [0.2, 0.25) is 11.8 Å². The largest absolute Gasteiger partial charge is 0.495 e. The Morgan fingerprint density at radius 1 is 1.09 bits per heavy atom. The average Bonchev–Trinajstić information content (AvgIpc) is 3.96. The number of aliphatic hydroxyl groups is 3. The van der Waals surface area contributed by atoms with Crippen LogP contribution < -0.4 is 31.0 Å². The van der Waals surface area contributed by atoms with E-state index in [4.69, 9.17) is 35.3 Å². The van der Waals surface area contributed by atoms with E-state index in [-0.39, 0.29) is 36.9 Å². The Hall–Kier alpha value is -6.18. The molecule has 0 spiro atoms. The molecular formula is C51H70ClN9O14. The number of hydrogen-bond donors (Lipinski definition) is 7. The number of nitrogens with zero attached hydrogens (tertiary/aromatic N) is 5. The highest BCUT2D eigenvalue weighted by atomic mass is 35.5. The van der Waals surface area contributed by atoms with E-state index in [9.17, 15) is 44.1 Å². The maximum atomic E-state index is 14.4. The third-order valence-electron chi connectivity index (χ3n) is 14.1. The Kier molecular flexibility index (Phi) is 19.1. The molecule has 0 unspecified atom stereocenters. The minimum atomic E-state index is -2.33. The third kappa shape index (κ3) is 13.4. The zero-order valence-corrected chi connectivity index (χ0v) is 44.7. The number of methoxy groups -OCH3 is 2. The van der Waals surface area contributed by atoms with Crippen LogP contribution in [0.2, 0.25) is 5.02 Å². The number of esters is 1. The maximum absolute atomic E-state index is 14.4. The molecule has 3 aromatic rings. The molecule has 0 radical (unpaired) electrons. The first-order valence-corrected chi connectivity index (χ1v) is 24.9. The molecule has 23 nitrogen and oxygen atoms in total. The predicted molar refractivity (Wildman–Crippen MR) is 274 cm³/mol. The Labute approximate surface area is 440 Å². The summed E-state index contributed by atoms with van der Waals surface area (Å²) in [4.78, 5) is 87.4. The Balaban J connectivity index is 1.12. The standard InChI is InChI=1S/C51H70ClN9O14/c1-28-13-11-15-37(72-10)51(70)26-36(73-49(69)57-51)29(2)44-50(4,75-44)38(25-40(63)60(8)34-22-31(21-28)23-35(71-9)41(34)52)74-48(68)30(3)59(7)47(67)43(65)42(64)46(66)56-19-18-54-39(62)16-20-61-33(27-58(6)53-5)24-32-14-12-17-55-45(32)61/h11-15,17,22-24,29-30,36-38,42-44,53,64-65,70H,16,18-21,25-27H2,1-10H3,(H,54,62)(H,56,66)(H,57,69)/b15-11+,28-13+/t29-,30+,36+,37-,38+,42-,43+,44+,50-,51+/m1/s1. The highest BCUT2D eigenvalue weighted by Gasteiger charge is 2.64. The minimum absolute atomic E-state index is 0.0338. The lowest BCUT2D eigenvalue weighted by Gasteiger charge is -2.42. The summed E-state index contributed by atoms with van der Waals surface area (Å²) in [7, 11) is 9.17. The summed E-state index contributed by atoms with van der Waals surface area (Å²) in [5.74, 6) is -4.63. The number of aromatic nitrogens is 2. The zero-order chi connectivity index (χ0) is 55.1. The third-order valence-corrected chi connectivity index (χ3v) is 14.5. The highest BCUT2D eigenvalue weighted by molar-refractivity contribution is 6.35. The summed E-state index contributed by atoms with van der Waals surface area (Å²) in [5.41, 5.74) is 3.29. The summed E-state index contributed by atoms with van der Waals surface area (Å²) in [6.45, 7) is 7.19. The summed E-state index contributed by atoms with van der Waals surface area (Å²) in [6, 6.07) is 7.78. The van der Waals surface area contributed by atoms with Gasteiger partial charge in [-0.1, -0.05) is 42.3 Å². The molecule has 3 aliphatic heterocycles. The molecule has 10 atom stereocenters. The van der Waals surface area contributed by atoms with Gasteiger partial charge in [0.25, 0.3) is 11.8 Å². The lowest BCUT2D eigenvalue weighted by Crippen LogP contribution is -2.63. The van der Waals surface area contributed by atoms with Gasteiger partial charge in [0, 0.05) is 83.9 Å². The van der Waals surface area contributed by atoms with Gasteiger partial charge in [-0.15, -0.1) is 0 Å². The van der Waals surface area contributed by atoms with Crippen LogP contribution in [0.5, 0.6) is 5.75 Å². The second-order valence-corrected chi connectivity index (χ2v) is 19.8. The van der Waals surface area contributed by atoms with Crippen molar-refractivity contribution in [3.8, 4) is 5.75 Å². The minimum Gasteiger partial charge on any atom is -0.495 e. The fraction of sp³-hybridized carbons (Fsp3) is 0.549. The van der Waals surface area contributed by atoms with Crippen molar-refractivity contribution in [3.63, 3.8) is 0 Å². The van der Waals surface area contributed by atoms with Crippen molar-refractivity contribution in [3.05, 3.63) is 76.6 Å². The number of ether oxygens (including phenoxy) is 5. The number of nitrogens with one attached hydrogen (secondary N) is 4. The van der Waals surface area contributed by atoms with Crippen molar-refractivity contribution in [1.29, 1.82) is 0 Å². The van der Waals surface area contributed by atoms with E-state index in [1.54, 1.807) is 51.4 Å². The Bertz CT molecular complexity index is 2670. The number of amides is 5. The van der Waals surface area contributed by atoms with Gasteiger partial charge in [0.05, 0.1) is 31.9 Å². The van der Waals surface area contributed by atoms with Crippen LogP contribution in [-0.4, -0.2) is 180 Å². The van der Waals surface area contributed by atoms with Crippen LogP contribution in [0.3, 0.4) is 0 Å². The van der Waals surface area contributed by atoms with E-state index < -0.39 is 96.1 Å². The quantitative estimate of drug-likeness (QED) is 0.0436. The molecule has 2 fully saturated rings. The number of hydrazine groups is 1. The lowest BCUT2D eigenvalue weighted by molar-refractivity contribution is -0.166. The monoisotopic (exact) mass is 1070 g/mol. The molecule has 0 saturated carbocycles. The number of carbonyl (C=O) groups excluding carboxylic acids is 6. The van der Waals surface area contributed by atoms with Crippen molar-refractivity contribution in [1.82, 2.24) is 40.8 Å². The number of likely N-dealkylation sites (N-methyl/N-ethyl adjacent to an activating group) is 1. The number of benzene rings is 1. The van der Waals surface area contributed by atoms with Crippen LogP contribution in [0.1, 0.15) is 58.2 Å². The average molecular weight is 1070 g/mol. The molecule has 410 valence electrons. The van der Waals surface area contributed by atoms with Crippen molar-refractivity contribution in [2.75, 3.05) is 60.4 Å². The van der Waals surface area contributed by atoms with E-state index in [2.05, 4.69) is 26.4 Å². The number of aliphatic hydroxyl groups excluding tert-OH is 2. The van der Waals surface area contributed by atoms with Gasteiger partial charge in [0.15, 0.2) is 17.9 Å². The summed E-state index contributed by atoms with van der Waals surface area (Å²) < 4.78 is 31.2. The molecule has 0 aliphatic carbocycles. The van der Waals surface area contributed by atoms with Gasteiger partial charge in [-0.3, -0.25) is 29.9 Å². The number of carbonyl (C=O) groups is 6. The first kappa shape index (κ1) is 58.1. The second kappa shape index (κ2) is 24.7. The number of hydrogen-bond acceptors (Lipinski definition) is 17. The molecule has 75 heavy (non-hydrogen) atoms. The van der Waals surface area contributed by atoms with Crippen molar-refractivity contribution in [2.24, 2.45) is 5.92 Å². The van der Waals surface area contributed by atoms with Crippen LogP contribution in [0.4, 0.5) is 10.5 Å². The fourth-order valence-corrected chi connectivity index (χ4v) is 9.63. The number of aryl methyl sites for hydroxylation is 1. The van der Waals surface area contributed by atoms with E-state index in [1.807, 2.05) is 47.8 Å². The number of halogens is 1. The molecule has 2 aromatic heterocycles. The van der Waals surface area contributed by atoms with Crippen LogP contribution in [0, 0.1) is 5.92 Å². The SMILES string of the molecule is CNN(C)Cc1cc2cccnc2n1CCC(=O)NCCNC(=O)[C@H](O)[C@H](O)C(=O)N(C)[C@@H](C)C(=O)O[C@H]1CC(=O)N(C)c2cc(cc(OC)c2Cl)C/C(C)=C/C=C/[C@@H](OC)[C@@]2(O)C[C@H](OC(=O)N2)[C@@H](C)[C@@H]2O[C@]12C. The van der Waals surface area contributed by atoms with Gasteiger partial charge >= 0.3 is 12.1 Å². The fourth-order valence-electron chi connectivity index (χ4n) is 9.32. The summed E-state index contributed by atoms with van der Waals surface area (Å²) in [5, 5.41) is 44.0. The molecule has 24 heteroatoms. The van der Waals surface area contributed by atoms with Gasteiger partial charge < -0.3 is 64.0 Å². The normalized spacial score (nSPS) is 26.4. The number of rotatable bonds is 17. The van der Waals surface area contributed by atoms with Gasteiger partial charge in [-0.05, 0) is 70.1 Å². The van der Waals surface area contributed by atoms with Crippen molar-refractivity contribution >= 4 is 64.0 Å². The van der Waals surface area contributed by atoms with Gasteiger partial charge in [-0.2, -0.15) is 0 Å². The number of fused-ring (bicyclic) bond motifs is 6. The molecule has 5 heterocycles. The van der Waals surface area contributed by atoms with Gasteiger partial charge in [0.1, 0.15) is 46.4 Å². The number of allylic oxidation sites excluding steroid dienone is 3. The van der Waals surface area contributed by atoms with Gasteiger partial charge in [-0.25, -0.2) is 19.6 Å². The Morgan fingerprint density at radius 3 is 2.51 bits per heavy atom. The van der Waals surface area contributed by atoms with Crippen molar-refractivity contribution < 1.29 is 67.8 Å². The highest BCUT2D eigenvalue weighted by Crippen LogP contribution is 2.49. The zero-order valence-electron chi connectivity index (χ0n) is 43.9. The number of pyridine rings is 1. The molecular weight excluding hydrogens is 998 g/mol. The molecule has 3 aliphatic rings. The molecule has 4 bridgehead atoms. The maximum Gasteiger partial charge on any atom is 0.409 e. The molecule has 2 saturated heterocycles. The van der Waals surface area contributed by atoms with E-state index >= 15 is 0 Å². The smallest absolute Gasteiger partial charge is 0.409 e. The van der Waals surface area contributed by atoms with Crippen LogP contribution in [0.25, 0.3) is 11.0 Å². The molecule has 7 N–H and O–H groups in total. The first-order chi connectivity index (χ1) is 35.5. The summed E-state index contributed by atoms with van der Waals surface area (Å²) >= 11 is 6.79. The predicted octanol–water partition coefficient (Wildman–Crippen LogP) is 1.47. The number of epoxide rings is 1. The van der Waals surface area contributed by atoms with E-state index in [1.165, 1.54) is 33.1 Å². The Morgan fingerprint density at radius 2 is 1.81 bits per heavy atom.